The molecule has 2 rings (SSSR count). The number of hydrogen-bond acceptors (Lipinski definition) is 3. The largest absolute Gasteiger partial charge is 0.376 e. The number of carbonyl (C=O) groups excluding carboxylic acids is 2. The molecule has 5 heteroatoms. The number of rotatable bonds is 9. The SMILES string of the molecule is Cc1cc(C(=O)NCC(C)C)ccc1NCC(=O)NCCC1=CCCCC1. The molecule has 0 aromatic heterocycles. The van der Waals surface area contributed by atoms with E-state index in [4.69, 9.17) is 0 Å². The van der Waals surface area contributed by atoms with Crippen LogP contribution in [0.15, 0.2) is 29.8 Å². The van der Waals surface area contributed by atoms with Crippen molar-refractivity contribution < 1.29 is 9.59 Å². The zero-order chi connectivity index (χ0) is 19.6. The fourth-order valence-corrected chi connectivity index (χ4v) is 3.13. The summed E-state index contributed by atoms with van der Waals surface area (Å²) in [4.78, 5) is 24.2. The molecule has 0 unspecified atom stereocenters. The number of benzene rings is 1. The monoisotopic (exact) mass is 371 g/mol. The van der Waals surface area contributed by atoms with Crippen molar-refractivity contribution in [3.63, 3.8) is 0 Å². The van der Waals surface area contributed by atoms with Gasteiger partial charge in [0.2, 0.25) is 5.91 Å². The molecule has 0 spiro atoms. The molecule has 1 aromatic carbocycles. The van der Waals surface area contributed by atoms with Gasteiger partial charge in [0, 0.05) is 24.3 Å². The Labute approximate surface area is 163 Å². The van der Waals surface area contributed by atoms with Gasteiger partial charge < -0.3 is 16.0 Å². The molecule has 148 valence electrons. The normalized spacial score (nSPS) is 13.9. The first-order valence-corrected chi connectivity index (χ1v) is 10.0. The lowest BCUT2D eigenvalue weighted by atomic mass is 9.97. The number of carbonyl (C=O) groups is 2. The van der Waals surface area contributed by atoms with E-state index in [1.54, 1.807) is 6.07 Å². The van der Waals surface area contributed by atoms with Gasteiger partial charge in [-0.25, -0.2) is 0 Å². The molecular formula is C22H33N3O2. The summed E-state index contributed by atoms with van der Waals surface area (Å²) in [5.41, 5.74) is 3.94. The second-order valence-electron chi connectivity index (χ2n) is 7.70. The van der Waals surface area contributed by atoms with Gasteiger partial charge in [-0.1, -0.05) is 25.5 Å². The van der Waals surface area contributed by atoms with E-state index in [0.29, 0.717) is 24.6 Å². The second-order valence-corrected chi connectivity index (χ2v) is 7.70. The van der Waals surface area contributed by atoms with E-state index < -0.39 is 0 Å². The van der Waals surface area contributed by atoms with Crippen LogP contribution in [0.4, 0.5) is 5.69 Å². The molecule has 0 aliphatic heterocycles. The molecule has 0 radical (unpaired) electrons. The van der Waals surface area contributed by atoms with E-state index in [1.807, 2.05) is 19.1 Å². The van der Waals surface area contributed by atoms with Crippen molar-refractivity contribution in [2.24, 2.45) is 5.92 Å². The molecule has 0 saturated heterocycles. The smallest absolute Gasteiger partial charge is 0.251 e. The lowest BCUT2D eigenvalue weighted by Crippen LogP contribution is -2.31. The standard InChI is InChI=1S/C22H33N3O2/c1-16(2)14-25-22(27)19-9-10-20(17(3)13-19)24-15-21(26)23-12-11-18-7-5-4-6-8-18/h7,9-10,13,16,24H,4-6,8,11-12,14-15H2,1-3H3,(H,23,26)(H,25,27). The fraction of sp³-hybridized carbons (Fsp3) is 0.545. The van der Waals surface area contributed by atoms with Crippen molar-refractivity contribution in [3.05, 3.63) is 41.0 Å². The van der Waals surface area contributed by atoms with Crippen LogP contribution in [0.25, 0.3) is 0 Å². The Balaban J connectivity index is 1.75. The molecule has 1 aromatic rings. The molecule has 0 fully saturated rings. The minimum absolute atomic E-state index is 0.00966. The molecule has 0 atom stereocenters. The van der Waals surface area contributed by atoms with E-state index in [1.165, 1.54) is 31.3 Å². The first-order chi connectivity index (χ1) is 13.0. The van der Waals surface area contributed by atoms with Crippen molar-refractivity contribution in [2.75, 3.05) is 25.0 Å². The summed E-state index contributed by atoms with van der Waals surface area (Å²) in [6, 6.07) is 5.50. The predicted octanol–water partition coefficient (Wildman–Crippen LogP) is 3.80. The molecule has 1 aliphatic carbocycles. The van der Waals surface area contributed by atoms with Gasteiger partial charge in [-0.05, 0) is 68.7 Å². The van der Waals surface area contributed by atoms with E-state index in [0.717, 1.165) is 17.7 Å². The molecule has 27 heavy (non-hydrogen) atoms. The maximum absolute atomic E-state index is 12.1. The van der Waals surface area contributed by atoms with Crippen molar-refractivity contribution in [1.29, 1.82) is 0 Å². The summed E-state index contributed by atoms with van der Waals surface area (Å²) in [6.45, 7) is 7.66. The highest BCUT2D eigenvalue weighted by Crippen LogP contribution is 2.19. The van der Waals surface area contributed by atoms with Crippen molar-refractivity contribution in [1.82, 2.24) is 10.6 Å². The quantitative estimate of drug-likeness (QED) is 0.578. The van der Waals surface area contributed by atoms with Gasteiger partial charge in [0.15, 0.2) is 0 Å². The van der Waals surface area contributed by atoms with Crippen molar-refractivity contribution in [2.45, 2.75) is 52.9 Å². The first kappa shape index (κ1) is 21.0. The maximum Gasteiger partial charge on any atom is 0.251 e. The summed E-state index contributed by atoms with van der Waals surface area (Å²) in [5.74, 6) is 0.349. The third-order valence-electron chi connectivity index (χ3n) is 4.75. The number of anilines is 1. The van der Waals surface area contributed by atoms with Crippen LogP contribution >= 0.6 is 0 Å². The maximum atomic E-state index is 12.1. The fourth-order valence-electron chi connectivity index (χ4n) is 3.13. The molecule has 0 bridgehead atoms. The second kappa shape index (κ2) is 10.8. The van der Waals surface area contributed by atoms with E-state index >= 15 is 0 Å². The molecule has 5 nitrogen and oxygen atoms in total. The Morgan fingerprint density at radius 3 is 2.63 bits per heavy atom. The summed E-state index contributed by atoms with van der Waals surface area (Å²) in [6.07, 6.45) is 8.17. The van der Waals surface area contributed by atoms with Crippen LogP contribution in [0.1, 0.15) is 61.9 Å². The third kappa shape index (κ3) is 7.45. The zero-order valence-electron chi connectivity index (χ0n) is 16.9. The van der Waals surface area contributed by atoms with Crippen molar-refractivity contribution in [3.8, 4) is 0 Å². The Morgan fingerprint density at radius 1 is 1.15 bits per heavy atom. The summed E-state index contributed by atoms with van der Waals surface area (Å²) in [7, 11) is 0. The van der Waals surface area contributed by atoms with Gasteiger partial charge >= 0.3 is 0 Å². The van der Waals surface area contributed by atoms with Crippen molar-refractivity contribution >= 4 is 17.5 Å². The average molecular weight is 372 g/mol. The number of amides is 2. The molecule has 3 N–H and O–H groups in total. The summed E-state index contributed by atoms with van der Waals surface area (Å²) < 4.78 is 0. The molecule has 0 heterocycles. The van der Waals surface area contributed by atoms with Crippen LogP contribution in [0.2, 0.25) is 0 Å². The lowest BCUT2D eigenvalue weighted by Gasteiger charge is -2.14. The van der Waals surface area contributed by atoms with Crippen LogP contribution in [0.5, 0.6) is 0 Å². The molecule has 1 aliphatic rings. The van der Waals surface area contributed by atoms with E-state index in [2.05, 4.69) is 35.9 Å². The highest BCUT2D eigenvalue weighted by molar-refractivity contribution is 5.95. The van der Waals surface area contributed by atoms with Crippen LogP contribution in [0.3, 0.4) is 0 Å². The van der Waals surface area contributed by atoms with Gasteiger partial charge in [0.25, 0.3) is 5.91 Å². The average Bonchev–Trinajstić information content (AvgIpc) is 2.66. The zero-order valence-corrected chi connectivity index (χ0v) is 16.9. The molecular weight excluding hydrogens is 338 g/mol. The Hall–Kier alpha value is -2.30. The number of aryl methyl sites for hydroxylation is 1. The summed E-state index contributed by atoms with van der Waals surface area (Å²) in [5, 5.41) is 9.05. The minimum Gasteiger partial charge on any atom is -0.376 e. The van der Waals surface area contributed by atoms with E-state index in [9.17, 15) is 9.59 Å². The predicted molar refractivity (Wildman–Crippen MR) is 111 cm³/mol. The topological polar surface area (TPSA) is 70.2 Å². The van der Waals surface area contributed by atoms with Gasteiger partial charge in [0.05, 0.1) is 6.54 Å². The number of allylic oxidation sites excluding steroid dienone is 1. The van der Waals surface area contributed by atoms with Gasteiger partial charge in [-0.15, -0.1) is 0 Å². The first-order valence-electron chi connectivity index (χ1n) is 10.0. The minimum atomic E-state index is -0.0619. The van der Waals surface area contributed by atoms with Gasteiger partial charge in [-0.3, -0.25) is 9.59 Å². The van der Waals surface area contributed by atoms with Crippen LogP contribution in [-0.2, 0) is 4.79 Å². The highest BCUT2D eigenvalue weighted by atomic mass is 16.2. The van der Waals surface area contributed by atoms with Gasteiger partial charge in [0.1, 0.15) is 0 Å². The Bertz CT molecular complexity index is 680. The highest BCUT2D eigenvalue weighted by Gasteiger charge is 2.09. The molecule has 0 saturated carbocycles. The summed E-state index contributed by atoms with van der Waals surface area (Å²) >= 11 is 0. The lowest BCUT2D eigenvalue weighted by molar-refractivity contribution is -0.119. The Morgan fingerprint density at radius 2 is 1.96 bits per heavy atom. The van der Waals surface area contributed by atoms with E-state index in [-0.39, 0.29) is 18.4 Å². The van der Waals surface area contributed by atoms with Crippen LogP contribution in [0, 0.1) is 12.8 Å². The Kier molecular flexibility index (Phi) is 8.37. The van der Waals surface area contributed by atoms with Crippen LogP contribution < -0.4 is 16.0 Å². The number of hydrogen-bond donors (Lipinski definition) is 3. The number of nitrogens with one attached hydrogen (secondary N) is 3. The molecule has 2 amide bonds. The van der Waals surface area contributed by atoms with Crippen LogP contribution in [-0.4, -0.2) is 31.4 Å². The van der Waals surface area contributed by atoms with Gasteiger partial charge in [-0.2, -0.15) is 0 Å². The third-order valence-corrected chi connectivity index (χ3v) is 4.75.